The molecule has 3 fully saturated rings. The van der Waals surface area contributed by atoms with Crippen molar-refractivity contribution < 1.29 is 23.7 Å². The Kier molecular flexibility index (Phi) is 5.99. The van der Waals surface area contributed by atoms with Crippen LogP contribution in [0.2, 0.25) is 0 Å². The van der Waals surface area contributed by atoms with E-state index in [-0.39, 0.29) is 30.2 Å². The van der Waals surface area contributed by atoms with Gasteiger partial charge in [0.25, 0.3) is 0 Å². The molecule has 2 aromatic rings. The van der Waals surface area contributed by atoms with Crippen molar-refractivity contribution in [3.05, 3.63) is 12.7 Å². The summed E-state index contributed by atoms with van der Waals surface area (Å²) in [6, 6.07) is 0.315. The van der Waals surface area contributed by atoms with E-state index in [1.54, 1.807) is 6.33 Å². The van der Waals surface area contributed by atoms with Gasteiger partial charge in [0, 0.05) is 19.1 Å². The molecule has 0 bridgehead atoms. The van der Waals surface area contributed by atoms with Gasteiger partial charge in [-0.15, -0.1) is 0 Å². The van der Waals surface area contributed by atoms with Crippen LogP contribution in [-0.2, 0) is 23.7 Å². The number of nitrogens with zero attached hydrogens (tertiary/aromatic N) is 5. The lowest BCUT2D eigenvalue weighted by Gasteiger charge is -2.39. The van der Waals surface area contributed by atoms with Crippen LogP contribution in [0, 0.1) is 11.8 Å². The average Bonchev–Trinajstić information content (AvgIpc) is 3.40. The van der Waals surface area contributed by atoms with Gasteiger partial charge in [0.15, 0.2) is 23.5 Å². The van der Waals surface area contributed by atoms with E-state index in [0.717, 1.165) is 19.4 Å². The lowest BCUT2D eigenvalue weighted by atomic mass is 9.74. The minimum Gasteiger partial charge on any atom is -0.469 e. The molecule has 1 saturated carbocycles. The van der Waals surface area contributed by atoms with Gasteiger partial charge in [-0.25, -0.2) is 15.0 Å². The highest BCUT2D eigenvalue weighted by Crippen LogP contribution is 2.44. The largest absolute Gasteiger partial charge is 0.469 e. The van der Waals surface area contributed by atoms with Crippen LogP contribution in [0.15, 0.2) is 12.7 Å². The fourth-order valence-corrected chi connectivity index (χ4v) is 5.39. The van der Waals surface area contributed by atoms with E-state index in [1.807, 2.05) is 18.4 Å². The zero-order chi connectivity index (χ0) is 24.2. The van der Waals surface area contributed by atoms with Crippen molar-refractivity contribution in [2.45, 2.75) is 76.9 Å². The van der Waals surface area contributed by atoms with Crippen LogP contribution in [0.5, 0.6) is 0 Å². The number of fused-ring (bicyclic) bond motifs is 2. The first-order chi connectivity index (χ1) is 16.2. The van der Waals surface area contributed by atoms with E-state index in [4.69, 9.17) is 24.7 Å². The Balaban J connectivity index is 1.34. The number of carbonyl (C=O) groups is 1. The Hall–Kier alpha value is -2.34. The molecule has 0 unspecified atom stereocenters. The topological polar surface area (TPSA) is 127 Å². The number of nitrogens with two attached hydrogens (primary N) is 1. The maximum atomic E-state index is 11.8. The normalized spacial score (nSPS) is 32.3. The van der Waals surface area contributed by atoms with Crippen LogP contribution in [0.25, 0.3) is 11.2 Å². The predicted octanol–water partition coefficient (Wildman–Crippen LogP) is 1.74. The van der Waals surface area contributed by atoms with Crippen LogP contribution in [-0.4, -0.2) is 80.7 Å². The van der Waals surface area contributed by atoms with Crippen molar-refractivity contribution in [3.8, 4) is 0 Å². The molecule has 2 N–H and O–H groups in total. The highest BCUT2D eigenvalue weighted by atomic mass is 16.8. The quantitative estimate of drug-likeness (QED) is 0.593. The molecule has 186 valence electrons. The standard InChI is InChI=1S/C23H34N6O5/c1-12(2)28(8-13-6-14(7-13)22(30)31-5)9-15-17-18(34-23(3,4)33-17)21(32-15)29-11-27-16-19(24)25-10-26-20(16)29/h10-15,17-18,21H,6-9H2,1-5H3,(H2,24,25,26)/t13?,14?,15-,17-,18-,21-/m1/s1. The number of methoxy groups -OCH3 is 1. The number of imidazole rings is 1. The molecule has 11 nitrogen and oxygen atoms in total. The van der Waals surface area contributed by atoms with Gasteiger partial charge in [0.05, 0.1) is 19.4 Å². The molecule has 0 aromatic carbocycles. The van der Waals surface area contributed by atoms with E-state index in [1.165, 1.54) is 13.4 Å². The minimum absolute atomic E-state index is 0.0248. The van der Waals surface area contributed by atoms with E-state index < -0.39 is 12.0 Å². The van der Waals surface area contributed by atoms with Gasteiger partial charge >= 0.3 is 5.97 Å². The van der Waals surface area contributed by atoms with Gasteiger partial charge in [-0.05, 0) is 46.5 Å². The second-order valence-electron chi connectivity index (χ2n) is 10.3. The van der Waals surface area contributed by atoms with Crippen molar-refractivity contribution in [1.82, 2.24) is 24.4 Å². The van der Waals surface area contributed by atoms with E-state index in [0.29, 0.717) is 35.5 Å². The Labute approximate surface area is 198 Å². The number of anilines is 1. The van der Waals surface area contributed by atoms with Gasteiger partial charge in [-0.2, -0.15) is 0 Å². The van der Waals surface area contributed by atoms with Gasteiger partial charge in [0.2, 0.25) is 0 Å². The number of hydrogen-bond acceptors (Lipinski definition) is 10. The zero-order valence-corrected chi connectivity index (χ0v) is 20.4. The smallest absolute Gasteiger partial charge is 0.308 e. The number of rotatable bonds is 7. The summed E-state index contributed by atoms with van der Waals surface area (Å²) in [5.41, 5.74) is 7.13. The zero-order valence-electron chi connectivity index (χ0n) is 20.4. The number of esters is 1. The molecule has 3 aliphatic rings. The molecule has 11 heteroatoms. The summed E-state index contributed by atoms with van der Waals surface area (Å²) in [7, 11) is 1.45. The molecule has 0 amide bonds. The summed E-state index contributed by atoms with van der Waals surface area (Å²) >= 11 is 0. The second kappa shape index (κ2) is 8.71. The number of nitrogen functional groups attached to an aromatic ring is 1. The number of carbonyl (C=O) groups excluding carboxylic acids is 1. The first kappa shape index (κ1) is 23.4. The SMILES string of the molecule is COC(=O)C1CC(CN(C[C@H]2O[C@@H](n3cnc4c(N)ncnc43)[C@@H]3OC(C)(C)O[C@@H]32)C(C)C)C1. The molecule has 2 aliphatic heterocycles. The summed E-state index contributed by atoms with van der Waals surface area (Å²) in [6.07, 6.45) is 3.64. The van der Waals surface area contributed by atoms with Gasteiger partial charge in [-0.3, -0.25) is 14.3 Å². The summed E-state index contributed by atoms with van der Waals surface area (Å²) in [6.45, 7) is 9.80. The number of hydrogen-bond donors (Lipinski definition) is 1. The number of ether oxygens (including phenoxy) is 4. The Morgan fingerprint density at radius 2 is 1.97 bits per heavy atom. The Bertz CT molecular complexity index is 1050. The van der Waals surface area contributed by atoms with Crippen LogP contribution in [0.1, 0.15) is 46.8 Å². The van der Waals surface area contributed by atoms with Crippen LogP contribution >= 0.6 is 0 Å². The average molecular weight is 475 g/mol. The van der Waals surface area contributed by atoms with Crippen LogP contribution in [0.4, 0.5) is 5.82 Å². The van der Waals surface area contributed by atoms with Gasteiger partial charge in [-0.1, -0.05) is 0 Å². The molecular weight excluding hydrogens is 440 g/mol. The maximum absolute atomic E-state index is 11.8. The third-order valence-electron chi connectivity index (χ3n) is 7.19. The summed E-state index contributed by atoms with van der Waals surface area (Å²) in [5.74, 6) is -0.00105. The van der Waals surface area contributed by atoms with Gasteiger partial charge in [0.1, 0.15) is 30.2 Å². The maximum Gasteiger partial charge on any atom is 0.308 e. The fourth-order valence-electron chi connectivity index (χ4n) is 5.39. The van der Waals surface area contributed by atoms with E-state index >= 15 is 0 Å². The van der Waals surface area contributed by atoms with Crippen molar-refractivity contribution >= 4 is 23.0 Å². The Morgan fingerprint density at radius 1 is 1.24 bits per heavy atom. The van der Waals surface area contributed by atoms with Crippen molar-refractivity contribution in [3.63, 3.8) is 0 Å². The lowest BCUT2D eigenvalue weighted by Crippen LogP contribution is -2.47. The highest BCUT2D eigenvalue weighted by Gasteiger charge is 2.56. The summed E-state index contributed by atoms with van der Waals surface area (Å²) < 4.78 is 25.9. The van der Waals surface area contributed by atoms with E-state index in [9.17, 15) is 4.79 Å². The third kappa shape index (κ3) is 4.15. The predicted molar refractivity (Wildman–Crippen MR) is 122 cm³/mol. The minimum atomic E-state index is -0.718. The fraction of sp³-hybridized carbons (Fsp3) is 0.739. The molecule has 0 radical (unpaired) electrons. The molecule has 2 saturated heterocycles. The molecule has 0 spiro atoms. The molecule has 2 aromatic heterocycles. The van der Waals surface area contributed by atoms with Gasteiger partial charge < -0.3 is 24.7 Å². The summed E-state index contributed by atoms with van der Waals surface area (Å²) in [4.78, 5) is 27.0. The third-order valence-corrected chi connectivity index (χ3v) is 7.19. The van der Waals surface area contributed by atoms with Crippen LogP contribution < -0.4 is 5.73 Å². The second-order valence-corrected chi connectivity index (χ2v) is 10.3. The highest BCUT2D eigenvalue weighted by molar-refractivity contribution is 5.81. The first-order valence-electron chi connectivity index (χ1n) is 11.9. The number of aromatic nitrogens is 4. The molecule has 1 aliphatic carbocycles. The van der Waals surface area contributed by atoms with Crippen molar-refractivity contribution in [2.24, 2.45) is 11.8 Å². The lowest BCUT2D eigenvalue weighted by molar-refractivity contribution is -0.198. The molecular formula is C23H34N6O5. The van der Waals surface area contributed by atoms with Crippen molar-refractivity contribution in [2.75, 3.05) is 25.9 Å². The first-order valence-corrected chi connectivity index (χ1v) is 11.9. The molecule has 5 rings (SSSR count). The molecule has 4 atom stereocenters. The molecule has 4 heterocycles. The Morgan fingerprint density at radius 3 is 2.68 bits per heavy atom. The van der Waals surface area contributed by atoms with Crippen LogP contribution in [0.3, 0.4) is 0 Å². The molecule has 34 heavy (non-hydrogen) atoms. The van der Waals surface area contributed by atoms with Crippen molar-refractivity contribution in [1.29, 1.82) is 0 Å². The summed E-state index contributed by atoms with van der Waals surface area (Å²) in [5, 5.41) is 0. The monoisotopic (exact) mass is 474 g/mol. The van der Waals surface area contributed by atoms with E-state index in [2.05, 4.69) is 33.7 Å².